The average Bonchev–Trinajstić information content (AvgIpc) is 3.15. The minimum absolute atomic E-state index is 0.0331. The Morgan fingerprint density at radius 2 is 1.00 bits per heavy atom. The first kappa shape index (κ1) is 51.1. The van der Waals surface area contributed by atoms with Crippen LogP contribution in [0.4, 0.5) is 0 Å². The Labute approximate surface area is 328 Å². The van der Waals surface area contributed by atoms with Crippen molar-refractivity contribution in [2.75, 3.05) is 6.61 Å². The Morgan fingerprint density at radius 1 is 0.566 bits per heavy atom. The van der Waals surface area contributed by atoms with Crippen molar-refractivity contribution in [2.24, 2.45) is 0 Å². The van der Waals surface area contributed by atoms with Crippen molar-refractivity contribution in [3.8, 4) is 0 Å². The molecule has 0 saturated heterocycles. The molecule has 0 rings (SSSR count). The third-order valence-corrected chi connectivity index (χ3v) is 10.2. The summed E-state index contributed by atoms with van der Waals surface area (Å²) in [5, 5.41) is 23.5. The lowest BCUT2D eigenvalue weighted by molar-refractivity contribution is -0.148. The van der Waals surface area contributed by atoms with Crippen LogP contribution in [0.25, 0.3) is 0 Å². The predicted molar refractivity (Wildman–Crippen MR) is 227 cm³/mol. The fourth-order valence-electron chi connectivity index (χ4n) is 6.68. The third-order valence-electron chi connectivity index (χ3n) is 10.2. The molecule has 0 spiro atoms. The van der Waals surface area contributed by atoms with Crippen LogP contribution >= 0.6 is 0 Å². The highest BCUT2D eigenvalue weighted by Gasteiger charge is 2.23. The average molecular weight is 746 g/mol. The number of hydrogen-bond donors (Lipinski definition) is 3. The number of allylic oxidation sites excluding steroid dienone is 5. The third kappa shape index (κ3) is 36.8. The number of rotatable bonds is 40. The van der Waals surface area contributed by atoms with Crippen molar-refractivity contribution in [1.29, 1.82) is 0 Å². The molecule has 1 amide bonds. The number of esters is 1. The second-order valence-electron chi connectivity index (χ2n) is 15.4. The molecular weight excluding hydrogens is 659 g/mol. The van der Waals surface area contributed by atoms with Crippen LogP contribution in [0.1, 0.15) is 226 Å². The summed E-state index contributed by atoms with van der Waals surface area (Å²) in [7, 11) is 0. The van der Waals surface area contributed by atoms with Crippen molar-refractivity contribution in [3.05, 3.63) is 36.5 Å². The van der Waals surface area contributed by atoms with E-state index in [1.807, 2.05) is 12.2 Å². The van der Waals surface area contributed by atoms with E-state index < -0.39 is 18.2 Å². The van der Waals surface area contributed by atoms with E-state index in [1.54, 1.807) is 0 Å². The van der Waals surface area contributed by atoms with E-state index in [2.05, 4.69) is 50.4 Å². The highest BCUT2D eigenvalue weighted by atomic mass is 16.5. The van der Waals surface area contributed by atoms with Crippen LogP contribution in [0.3, 0.4) is 0 Å². The van der Waals surface area contributed by atoms with E-state index in [0.29, 0.717) is 19.3 Å². The molecule has 0 aliphatic rings. The monoisotopic (exact) mass is 746 g/mol. The zero-order valence-electron chi connectivity index (χ0n) is 35.1. The van der Waals surface area contributed by atoms with Gasteiger partial charge in [-0.3, -0.25) is 9.59 Å². The summed E-state index contributed by atoms with van der Waals surface area (Å²) in [4.78, 5) is 25.9. The molecule has 0 aliphatic carbocycles. The van der Waals surface area contributed by atoms with E-state index in [4.69, 9.17) is 4.74 Å². The van der Waals surface area contributed by atoms with Crippen LogP contribution in [-0.4, -0.2) is 46.9 Å². The van der Waals surface area contributed by atoms with E-state index in [-0.39, 0.29) is 24.9 Å². The molecule has 3 atom stereocenters. The zero-order chi connectivity index (χ0) is 38.9. The number of hydrogen-bond acceptors (Lipinski definition) is 5. The Balaban J connectivity index is 4.70. The Kier molecular flexibility index (Phi) is 39.8. The number of amides is 1. The molecule has 6 nitrogen and oxygen atoms in total. The van der Waals surface area contributed by atoms with Crippen molar-refractivity contribution >= 4 is 11.9 Å². The summed E-state index contributed by atoms with van der Waals surface area (Å²) in [5.41, 5.74) is 0. The molecule has 6 heteroatoms. The summed E-state index contributed by atoms with van der Waals surface area (Å²) in [6.07, 6.45) is 46.6. The van der Waals surface area contributed by atoms with Crippen LogP contribution in [0.15, 0.2) is 36.5 Å². The molecule has 0 aromatic heterocycles. The van der Waals surface area contributed by atoms with Crippen molar-refractivity contribution in [1.82, 2.24) is 5.32 Å². The number of ether oxygens (including phenoxy) is 1. The lowest BCUT2D eigenvalue weighted by Gasteiger charge is -2.23. The molecule has 53 heavy (non-hydrogen) atoms. The van der Waals surface area contributed by atoms with E-state index >= 15 is 0 Å². The Morgan fingerprint density at radius 3 is 1.49 bits per heavy atom. The van der Waals surface area contributed by atoms with Gasteiger partial charge >= 0.3 is 5.97 Å². The molecule has 0 aromatic carbocycles. The normalized spacial score (nSPS) is 13.7. The van der Waals surface area contributed by atoms with Gasteiger partial charge in [-0.15, -0.1) is 0 Å². The van der Waals surface area contributed by atoms with Gasteiger partial charge in [0.15, 0.2) is 0 Å². The van der Waals surface area contributed by atoms with Gasteiger partial charge in [-0.05, 0) is 63.9 Å². The Bertz CT molecular complexity index is 884. The van der Waals surface area contributed by atoms with Crippen LogP contribution in [0, 0.1) is 0 Å². The number of carbonyl (C=O) groups excluding carboxylic acids is 2. The van der Waals surface area contributed by atoms with Gasteiger partial charge in [-0.2, -0.15) is 0 Å². The van der Waals surface area contributed by atoms with E-state index in [0.717, 1.165) is 57.8 Å². The standard InChI is InChI=1S/C47H87NO5/c1-4-7-10-13-16-19-22-23-25-28-31-34-37-40-47(52)53-43(38-35-32-29-26-24-20-17-14-11-8-5-2)41-46(51)48-44(42-49)45(50)39-36-33-30-27-21-18-15-12-9-6-3/h23,25-26,29,35,38,43-45,49-50H,4-22,24,27-28,30-34,36-37,39-42H2,1-3H3,(H,48,51)/b25-23-,29-26-,38-35+. The van der Waals surface area contributed by atoms with Crippen LogP contribution in [0.5, 0.6) is 0 Å². The highest BCUT2D eigenvalue weighted by Crippen LogP contribution is 2.15. The van der Waals surface area contributed by atoms with Gasteiger partial charge in [0.05, 0.1) is 25.2 Å². The fourth-order valence-corrected chi connectivity index (χ4v) is 6.68. The first-order valence-electron chi connectivity index (χ1n) is 22.7. The highest BCUT2D eigenvalue weighted by molar-refractivity contribution is 5.78. The second kappa shape index (κ2) is 41.2. The maximum Gasteiger partial charge on any atom is 0.306 e. The van der Waals surface area contributed by atoms with E-state index in [9.17, 15) is 19.8 Å². The summed E-state index contributed by atoms with van der Waals surface area (Å²) in [6, 6.07) is -0.730. The van der Waals surface area contributed by atoms with Gasteiger partial charge in [0, 0.05) is 6.42 Å². The van der Waals surface area contributed by atoms with Gasteiger partial charge in [0.25, 0.3) is 0 Å². The molecule has 310 valence electrons. The molecule has 3 unspecified atom stereocenters. The molecule has 0 saturated carbocycles. The molecule has 3 N–H and O–H groups in total. The summed E-state index contributed by atoms with van der Waals surface area (Å²) >= 11 is 0. The maximum absolute atomic E-state index is 13.1. The minimum atomic E-state index is -0.809. The predicted octanol–water partition coefficient (Wildman–Crippen LogP) is 12.9. The summed E-state index contributed by atoms with van der Waals surface area (Å²) in [6.45, 7) is 6.40. The quantitative estimate of drug-likeness (QED) is 0.0330. The molecule has 0 aliphatic heterocycles. The van der Waals surface area contributed by atoms with Gasteiger partial charge in [-0.25, -0.2) is 0 Å². The van der Waals surface area contributed by atoms with Gasteiger partial charge in [0.1, 0.15) is 6.10 Å². The molecular formula is C47H87NO5. The first-order chi connectivity index (χ1) is 26.0. The van der Waals surface area contributed by atoms with Crippen molar-refractivity contribution in [3.63, 3.8) is 0 Å². The maximum atomic E-state index is 13.1. The minimum Gasteiger partial charge on any atom is -0.458 e. The fraction of sp³-hybridized carbons (Fsp3) is 0.830. The van der Waals surface area contributed by atoms with Crippen LogP contribution < -0.4 is 5.32 Å². The smallest absolute Gasteiger partial charge is 0.306 e. The van der Waals surface area contributed by atoms with Crippen molar-refractivity contribution < 1.29 is 24.5 Å². The molecule has 0 aromatic rings. The number of aliphatic hydroxyl groups is 2. The van der Waals surface area contributed by atoms with Gasteiger partial charge < -0.3 is 20.3 Å². The SMILES string of the molecule is CCCCCCCC/C=C\C/C=C/C(CC(=O)NC(CO)C(O)CCCCCCCCCCCC)OC(=O)CCCCC/C=C\CCCCCCCC. The number of unbranched alkanes of at least 4 members (excludes halogenated alkanes) is 24. The van der Waals surface area contributed by atoms with Crippen LogP contribution in [-0.2, 0) is 14.3 Å². The first-order valence-corrected chi connectivity index (χ1v) is 22.7. The molecule has 0 heterocycles. The summed E-state index contributed by atoms with van der Waals surface area (Å²) in [5.74, 6) is -0.621. The topological polar surface area (TPSA) is 95.9 Å². The number of aliphatic hydroxyl groups excluding tert-OH is 2. The lowest BCUT2D eigenvalue weighted by atomic mass is 10.0. The molecule has 0 fully saturated rings. The Hall–Kier alpha value is -1.92. The number of nitrogens with one attached hydrogen (secondary N) is 1. The molecule has 0 bridgehead atoms. The van der Waals surface area contributed by atoms with Crippen LogP contribution in [0.2, 0.25) is 0 Å². The lowest BCUT2D eigenvalue weighted by Crippen LogP contribution is -2.46. The summed E-state index contributed by atoms with van der Waals surface area (Å²) < 4.78 is 5.79. The number of carbonyl (C=O) groups is 2. The van der Waals surface area contributed by atoms with Gasteiger partial charge in [0.2, 0.25) is 5.91 Å². The van der Waals surface area contributed by atoms with E-state index in [1.165, 1.54) is 122 Å². The zero-order valence-corrected chi connectivity index (χ0v) is 35.1. The second-order valence-corrected chi connectivity index (χ2v) is 15.4. The molecule has 0 radical (unpaired) electrons. The van der Waals surface area contributed by atoms with Gasteiger partial charge in [-0.1, -0.05) is 186 Å². The largest absolute Gasteiger partial charge is 0.458 e. The van der Waals surface area contributed by atoms with Crippen molar-refractivity contribution in [2.45, 2.75) is 244 Å².